The van der Waals surface area contributed by atoms with Gasteiger partial charge in [0.15, 0.2) is 0 Å². The normalized spacial score (nSPS) is 14.3. The number of nitrogens with zero attached hydrogens (tertiary/aromatic N) is 1. The van der Waals surface area contributed by atoms with Gasteiger partial charge >= 0.3 is 6.03 Å². The number of benzene rings is 2. The smallest absolute Gasteiger partial charge is 0.323 e. The van der Waals surface area contributed by atoms with Gasteiger partial charge in [-0.3, -0.25) is 0 Å². The molecule has 2 aromatic rings. The van der Waals surface area contributed by atoms with Crippen molar-refractivity contribution in [3.05, 3.63) is 60.3 Å². The zero-order valence-corrected chi connectivity index (χ0v) is 15.1. The standard InChI is InChI=1S/C21H25N3O2/c1-26-20-11-5-17(6-12-20)13-14-22-21(25)23-18-7-9-19(10-8-18)24-15-3-2-4-16-24/h5-14H,2-4,15-16H2,1H3,(H2,22,23,25)/b14-13+. The first-order valence-corrected chi connectivity index (χ1v) is 8.98. The van der Waals surface area contributed by atoms with Crippen LogP contribution in [0.25, 0.3) is 6.08 Å². The Morgan fingerprint density at radius 1 is 1.00 bits per heavy atom. The topological polar surface area (TPSA) is 53.6 Å². The summed E-state index contributed by atoms with van der Waals surface area (Å²) in [6.07, 6.45) is 7.28. The molecule has 1 aliphatic heterocycles. The summed E-state index contributed by atoms with van der Waals surface area (Å²) in [7, 11) is 1.63. The third kappa shape index (κ3) is 5.02. The van der Waals surface area contributed by atoms with Crippen molar-refractivity contribution in [2.45, 2.75) is 19.3 Å². The van der Waals surface area contributed by atoms with E-state index < -0.39 is 0 Å². The lowest BCUT2D eigenvalue weighted by Crippen LogP contribution is -2.29. The van der Waals surface area contributed by atoms with Crippen LogP contribution in [0, 0.1) is 0 Å². The molecule has 0 spiro atoms. The average Bonchev–Trinajstić information content (AvgIpc) is 2.70. The Bertz CT molecular complexity index is 733. The van der Waals surface area contributed by atoms with Gasteiger partial charge in [-0.15, -0.1) is 0 Å². The molecule has 1 saturated heterocycles. The number of nitrogens with one attached hydrogen (secondary N) is 2. The van der Waals surface area contributed by atoms with Crippen molar-refractivity contribution in [2.24, 2.45) is 0 Å². The van der Waals surface area contributed by atoms with Crippen LogP contribution >= 0.6 is 0 Å². The summed E-state index contributed by atoms with van der Waals surface area (Å²) in [5, 5.41) is 5.55. The Morgan fingerprint density at radius 2 is 1.69 bits per heavy atom. The second kappa shape index (κ2) is 8.94. The summed E-state index contributed by atoms with van der Waals surface area (Å²) in [4.78, 5) is 14.4. The highest BCUT2D eigenvalue weighted by Gasteiger charge is 2.10. The number of rotatable bonds is 5. The molecule has 3 rings (SSSR count). The third-order valence-electron chi connectivity index (χ3n) is 4.45. The summed E-state index contributed by atoms with van der Waals surface area (Å²) in [5.74, 6) is 0.806. The molecule has 26 heavy (non-hydrogen) atoms. The molecular formula is C21H25N3O2. The van der Waals surface area contributed by atoms with Crippen molar-refractivity contribution in [3.8, 4) is 5.75 Å². The first kappa shape index (κ1) is 17.9. The molecule has 0 aromatic heterocycles. The van der Waals surface area contributed by atoms with Gasteiger partial charge < -0.3 is 20.3 Å². The van der Waals surface area contributed by atoms with Gasteiger partial charge in [-0.2, -0.15) is 0 Å². The van der Waals surface area contributed by atoms with E-state index in [0.717, 1.165) is 30.1 Å². The zero-order chi connectivity index (χ0) is 18.2. The lowest BCUT2D eigenvalue weighted by atomic mass is 10.1. The van der Waals surface area contributed by atoms with Crippen LogP contribution in [-0.2, 0) is 0 Å². The molecule has 0 bridgehead atoms. The van der Waals surface area contributed by atoms with Gasteiger partial charge in [0.05, 0.1) is 7.11 Å². The van der Waals surface area contributed by atoms with Crippen LogP contribution in [0.15, 0.2) is 54.7 Å². The van der Waals surface area contributed by atoms with Crippen LogP contribution < -0.4 is 20.3 Å². The molecule has 2 aromatic carbocycles. The number of piperidine rings is 1. The van der Waals surface area contributed by atoms with Gasteiger partial charge in [0.25, 0.3) is 0 Å². The van der Waals surface area contributed by atoms with Crippen molar-refractivity contribution in [1.29, 1.82) is 0 Å². The van der Waals surface area contributed by atoms with Crippen molar-refractivity contribution >= 4 is 23.5 Å². The third-order valence-corrected chi connectivity index (χ3v) is 4.45. The number of urea groups is 1. The Hall–Kier alpha value is -2.95. The molecular weight excluding hydrogens is 326 g/mol. The second-order valence-electron chi connectivity index (χ2n) is 6.30. The predicted molar refractivity (Wildman–Crippen MR) is 107 cm³/mol. The monoisotopic (exact) mass is 351 g/mol. The Balaban J connectivity index is 1.48. The SMILES string of the molecule is COc1ccc(/C=C/NC(=O)Nc2ccc(N3CCCCC3)cc2)cc1. The fraction of sp³-hybridized carbons (Fsp3) is 0.286. The number of anilines is 2. The minimum Gasteiger partial charge on any atom is -0.497 e. The first-order valence-electron chi connectivity index (χ1n) is 8.98. The molecule has 2 N–H and O–H groups in total. The zero-order valence-electron chi connectivity index (χ0n) is 15.1. The van der Waals surface area contributed by atoms with Crippen LogP contribution in [0.3, 0.4) is 0 Å². The summed E-state index contributed by atoms with van der Waals surface area (Å²) < 4.78 is 5.12. The van der Waals surface area contributed by atoms with E-state index in [1.54, 1.807) is 13.3 Å². The Kier molecular flexibility index (Phi) is 6.14. The van der Waals surface area contributed by atoms with Gasteiger partial charge in [0.1, 0.15) is 5.75 Å². The molecule has 1 fully saturated rings. The maximum absolute atomic E-state index is 12.0. The van der Waals surface area contributed by atoms with Crippen molar-refractivity contribution in [1.82, 2.24) is 5.32 Å². The Labute approximate surface area is 154 Å². The lowest BCUT2D eigenvalue weighted by molar-refractivity contribution is 0.255. The van der Waals surface area contributed by atoms with Crippen molar-refractivity contribution in [3.63, 3.8) is 0 Å². The van der Waals surface area contributed by atoms with E-state index in [1.807, 2.05) is 42.5 Å². The molecule has 136 valence electrons. The van der Waals surface area contributed by atoms with Gasteiger partial charge in [-0.25, -0.2) is 4.79 Å². The molecule has 0 saturated carbocycles. The molecule has 0 unspecified atom stereocenters. The number of amides is 2. The van der Waals surface area contributed by atoms with E-state index in [1.165, 1.54) is 24.9 Å². The minimum absolute atomic E-state index is 0.263. The molecule has 0 radical (unpaired) electrons. The highest BCUT2D eigenvalue weighted by Crippen LogP contribution is 2.21. The highest BCUT2D eigenvalue weighted by atomic mass is 16.5. The predicted octanol–water partition coefficient (Wildman–Crippen LogP) is 4.48. The van der Waals surface area contributed by atoms with E-state index in [-0.39, 0.29) is 6.03 Å². The summed E-state index contributed by atoms with van der Waals surface area (Å²) in [6.45, 7) is 2.23. The fourth-order valence-electron chi connectivity index (χ4n) is 3.00. The van der Waals surface area contributed by atoms with E-state index >= 15 is 0 Å². The van der Waals surface area contributed by atoms with Gasteiger partial charge in [0.2, 0.25) is 0 Å². The summed E-state index contributed by atoms with van der Waals surface area (Å²) in [5.41, 5.74) is 2.98. The van der Waals surface area contributed by atoms with Crippen molar-refractivity contribution in [2.75, 3.05) is 30.4 Å². The quantitative estimate of drug-likeness (QED) is 0.835. The number of carbonyl (C=O) groups is 1. The maximum atomic E-state index is 12.0. The van der Waals surface area contributed by atoms with E-state index in [4.69, 9.17) is 4.74 Å². The lowest BCUT2D eigenvalue weighted by Gasteiger charge is -2.28. The molecule has 1 aliphatic rings. The van der Waals surface area contributed by atoms with E-state index in [9.17, 15) is 4.79 Å². The van der Waals surface area contributed by atoms with Crippen LogP contribution in [-0.4, -0.2) is 26.2 Å². The fourth-order valence-corrected chi connectivity index (χ4v) is 3.00. The van der Waals surface area contributed by atoms with Crippen LogP contribution in [0.1, 0.15) is 24.8 Å². The first-order chi connectivity index (χ1) is 12.7. The number of ether oxygens (including phenoxy) is 1. The van der Waals surface area contributed by atoms with Crippen LogP contribution in [0.2, 0.25) is 0 Å². The number of hydrogen-bond acceptors (Lipinski definition) is 3. The number of carbonyl (C=O) groups excluding carboxylic acids is 1. The van der Waals surface area contributed by atoms with Crippen LogP contribution in [0.4, 0.5) is 16.2 Å². The summed E-state index contributed by atoms with van der Waals surface area (Å²) in [6, 6.07) is 15.4. The maximum Gasteiger partial charge on any atom is 0.323 e. The van der Waals surface area contributed by atoms with E-state index in [2.05, 4.69) is 27.7 Å². The average molecular weight is 351 g/mol. The molecule has 0 aliphatic carbocycles. The van der Waals surface area contributed by atoms with Crippen LogP contribution in [0.5, 0.6) is 5.75 Å². The second-order valence-corrected chi connectivity index (χ2v) is 6.30. The molecule has 5 heteroatoms. The molecule has 0 atom stereocenters. The number of hydrogen-bond donors (Lipinski definition) is 2. The van der Waals surface area contributed by atoms with E-state index in [0.29, 0.717) is 0 Å². The molecule has 1 heterocycles. The largest absolute Gasteiger partial charge is 0.497 e. The number of methoxy groups -OCH3 is 1. The van der Waals surface area contributed by atoms with Crippen molar-refractivity contribution < 1.29 is 9.53 Å². The Morgan fingerprint density at radius 3 is 2.35 bits per heavy atom. The summed E-state index contributed by atoms with van der Waals surface area (Å²) >= 11 is 0. The van der Waals surface area contributed by atoms with Gasteiger partial charge in [0, 0.05) is 30.7 Å². The molecule has 2 amide bonds. The highest BCUT2D eigenvalue weighted by molar-refractivity contribution is 5.90. The minimum atomic E-state index is -0.263. The van der Waals surface area contributed by atoms with Gasteiger partial charge in [-0.05, 0) is 67.3 Å². The van der Waals surface area contributed by atoms with Gasteiger partial charge in [-0.1, -0.05) is 12.1 Å². The molecule has 5 nitrogen and oxygen atoms in total.